The number of aromatic nitrogens is 1. The number of hydrazone groups is 1. The van der Waals surface area contributed by atoms with Crippen molar-refractivity contribution in [2.75, 3.05) is 5.43 Å². The maximum atomic E-state index is 13.1. The number of hydrogen-bond acceptors (Lipinski definition) is 5. The number of hydrogen-bond donors (Lipinski definition) is 1. The molecular formula is C25H14ClF3N4O2. The number of ketones is 1. The summed E-state index contributed by atoms with van der Waals surface area (Å²) in [5.74, 6) is -1.18. The monoisotopic (exact) mass is 494 g/mol. The van der Waals surface area contributed by atoms with Crippen molar-refractivity contribution in [1.82, 2.24) is 4.57 Å². The number of nitrogens with one attached hydrogen (secondary N) is 1. The number of para-hydroxylation sites is 1. The maximum absolute atomic E-state index is 13.1. The van der Waals surface area contributed by atoms with Crippen LogP contribution < -0.4 is 5.43 Å². The third kappa shape index (κ3) is 4.78. The smallest absolute Gasteiger partial charge is 0.286 e. The number of Topliss-reactive ketones (excluding diaryl/α,β-unsaturated/α-hetero) is 1. The Kier molecular flexibility index (Phi) is 6.40. The topological polar surface area (TPSA) is 87.2 Å². The number of nitriles is 1. The molecule has 0 fully saturated rings. The van der Waals surface area contributed by atoms with E-state index < -0.39 is 28.3 Å². The van der Waals surface area contributed by atoms with E-state index >= 15 is 0 Å². The summed E-state index contributed by atoms with van der Waals surface area (Å²) < 4.78 is 40.6. The third-order valence-electron chi connectivity index (χ3n) is 5.09. The molecule has 1 aromatic heterocycles. The van der Waals surface area contributed by atoms with Crippen LogP contribution in [0.4, 0.5) is 18.9 Å². The molecule has 0 radical (unpaired) electrons. The van der Waals surface area contributed by atoms with E-state index in [1.165, 1.54) is 16.8 Å². The first-order valence-corrected chi connectivity index (χ1v) is 10.4. The van der Waals surface area contributed by atoms with Gasteiger partial charge in [-0.25, -0.2) is 0 Å². The fourth-order valence-corrected chi connectivity index (χ4v) is 3.66. The lowest BCUT2D eigenvalue weighted by Gasteiger charge is -2.10. The number of rotatable bonds is 5. The number of carbonyl (C=O) groups is 2. The average molecular weight is 495 g/mol. The first kappa shape index (κ1) is 23.7. The van der Waals surface area contributed by atoms with Crippen LogP contribution >= 0.6 is 11.6 Å². The van der Waals surface area contributed by atoms with Gasteiger partial charge in [0.2, 0.25) is 11.5 Å². The lowest BCUT2D eigenvalue weighted by Crippen LogP contribution is -2.15. The molecule has 0 aliphatic carbocycles. The van der Waals surface area contributed by atoms with E-state index in [9.17, 15) is 28.0 Å². The van der Waals surface area contributed by atoms with Gasteiger partial charge >= 0.3 is 6.18 Å². The lowest BCUT2D eigenvalue weighted by atomic mass is 10.1. The van der Waals surface area contributed by atoms with E-state index in [1.807, 2.05) is 0 Å². The molecule has 35 heavy (non-hydrogen) atoms. The molecule has 0 saturated heterocycles. The zero-order valence-electron chi connectivity index (χ0n) is 17.7. The van der Waals surface area contributed by atoms with Crippen molar-refractivity contribution >= 4 is 45.6 Å². The molecule has 10 heteroatoms. The molecule has 0 atom stereocenters. The molecule has 174 valence electrons. The van der Waals surface area contributed by atoms with Crippen LogP contribution in [0.5, 0.6) is 0 Å². The van der Waals surface area contributed by atoms with Crippen molar-refractivity contribution in [3.05, 3.63) is 101 Å². The van der Waals surface area contributed by atoms with Crippen LogP contribution in [0.15, 0.2) is 84.1 Å². The molecule has 0 aliphatic heterocycles. The van der Waals surface area contributed by atoms with Gasteiger partial charge in [-0.3, -0.25) is 19.6 Å². The SMILES string of the molecule is N#C/C(=N\Nc1ccc(Cl)c(C(F)(F)F)c1)C(=O)c1cn(C(=O)c2ccccc2)c2ccccc12. The zero-order chi connectivity index (χ0) is 25.2. The minimum atomic E-state index is -4.69. The predicted molar refractivity (Wildman–Crippen MR) is 126 cm³/mol. The Balaban J connectivity index is 1.70. The third-order valence-corrected chi connectivity index (χ3v) is 5.42. The molecule has 0 spiro atoms. The Bertz CT molecular complexity index is 1520. The van der Waals surface area contributed by atoms with E-state index in [4.69, 9.17) is 11.6 Å². The van der Waals surface area contributed by atoms with Gasteiger partial charge in [0.05, 0.1) is 27.4 Å². The van der Waals surface area contributed by atoms with E-state index in [2.05, 4.69) is 10.5 Å². The van der Waals surface area contributed by atoms with Gasteiger partial charge in [0.1, 0.15) is 6.07 Å². The van der Waals surface area contributed by atoms with E-state index in [0.29, 0.717) is 16.5 Å². The second-order valence-corrected chi connectivity index (χ2v) is 7.71. The van der Waals surface area contributed by atoms with Crippen molar-refractivity contribution in [3.63, 3.8) is 0 Å². The second kappa shape index (κ2) is 9.44. The van der Waals surface area contributed by atoms with Crippen molar-refractivity contribution in [1.29, 1.82) is 5.26 Å². The number of benzene rings is 3. The van der Waals surface area contributed by atoms with Gasteiger partial charge in [0, 0.05) is 17.1 Å². The van der Waals surface area contributed by atoms with Crippen LogP contribution in [0.25, 0.3) is 10.9 Å². The Hall–Kier alpha value is -4.42. The highest BCUT2D eigenvalue weighted by Crippen LogP contribution is 2.36. The van der Waals surface area contributed by atoms with Crippen LogP contribution in [0, 0.1) is 11.3 Å². The molecule has 4 aromatic rings. The molecule has 4 rings (SSSR count). The van der Waals surface area contributed by atoms with Gasteiger partial charge in [0.25, 0.3) is 5.91 Å². The molecule has 0 saturated carbocycles. The molecule has 0 bridgehead atoms. The van der Waals surface area contributed by atoms with Gasteiger partial charge in [-0.15, -0.1) is 0 Å². The lowest BCUT2D eigenvalue weighted by molar-refractivity contribution is -0.137. The van der Waals surface area contributed by atoms with Gasteiger partial charge in [-0.05, 0) is 36.4 Å². The number of alkyl halides is 3. The summed E-state index contributed by atoms with van der Waals surface area (Å²) in [6.45, 7) is 0. The summed E-state index contributed by atoms with van der Waals surface area (Å²) >= 11 is 5.61. The predicted octanol–water partition coefficient (Wildman–Crippen LogP) is 6.18. The largest absolute Gasteiger partial charge is 0.417 e. The van der Waals surface area contributed by atoms with Gasteiger partial charge < -0.3 is 0 Å². The number of carbonyl (C=O) groups excluding carboxylic acids is 2. The van der Waals surface area contributed by atoms with Crippen LogP contribution in [0.1, 0.15) is 26.3 Å². The van der Waals surface area contributed by atoms with Crippen molar-refractivity contribution < 1.29 is 22.8 Å². The first-order chi connectivity index (χ1) is 16.7. The number of anilines is 1. The summed E-state index contributed by atoms with van der Waals surface area (Å²) in [5.41, 5.74) is 1.36. The highest BCUT2D eigenvalue weighted by Gasteiger charge is 2.33. The standard InChI is InChI=1S/C25H14ClF3N4O2/c26-20-11-10-16(12-19(20)25(27,28)29)31-32-21(13-30)23(34)18-14-33(22-9-5-4-8-17(18)22)24(35)15-6-2-1-3-7-15/h1-12,14,31H/b32-21+. The Morgan fingerprint density at radius 3 is 2.37 bits per heavy atom. The molecule has 0 unspecified atom stereocenters. The summed E-state index contributed by atoms with van der Waals surface area (Å²) in [6.07, 6.45) is -3.38. The molecule has 0 aliphatic rings. The Labute approximate surface area is 201 Å². The summed E-state index contributed by atoms with van der Waals surface area (Å²) in [7, 11) is 0. The van der Waals surface area contributed by atoms with Crippen LogP contribution in [0.3, 0.4) is 0 Å². The quantitative estimate of drug-likeness (QED) is 0.204. The van der Waals surface area contributed by atoms with Gasteiger partial charge in [-0.2, -0.15) is 23.5 Å². The van der Waals surface area contributed by atoms with Crippen molar-refractivity contribution in [2.45, 2.75) is 6.18 Å². The Morgan fingerprint density at radius 2 is 1.69 bits per heavy atom. The summed E-state index contributed by atoms with van der Waals surface area (Å²) in [5, 5.41) is 13.1. The number of halogens is 4. The number of nitrogens with zero attached hydrogens (tertiary/aromatic N) is 3. The molecule has 3 aromatic carbocycles. The molecule has 1 heterocycles. The van der Waals surface area contributed by atoms with Crippen molar-refractivity contribution in [3.8, 4) is 6.07 Å². The average Bonchev–Trinajstić information content (AvgIpc) is 3.24. The summed E-state index contributed by atoms with van der Waals surface area (Å²) in [6, 6.07) is 19.7. The molecular weight excluding hydrogens is 481 g/mol. The van der Waals surface area contributed by atoms with E-state index in [0.717, 1.165) is 12.1 Å². The van der Waals surface area contributed by atoms with Gasteiger partial charge in [-0.1, -0.05) is 48.0 Å². The highest BCUT2D eigenvalue weighted by atomic mass is 35.5. The first-order valence-electron chi connectivity index (χ1n) is 10.1. The summed E-state index contributed by atoms with van der Waals surface area (Å²) in [4.78, 5) is 26.2. The normalized spacial score (nSPS) is 11.8. The van der Waals surface area contributed by atoms with E-state index in [1.54, 1.807) is 60.7 Å². The van der Waals surface area contributed by atoms with E-state index in [-0.39, 0.29) is 17.2 Å². The fourth-order valence-electron chi connectivity index (χ4n) is 3.44. The minimum Gasteiger partial charge on any atom is -0.286 e. The minimum absolute atomic E-state index is 0.0408. The number of fused-ring (bicyclic) bond motifs is 1. The van der Waals surface area contributed by atoms with Crippen LogP contribution in [-0.4, -0.2) is 22.0 Å². The maximum Gasteiger partial charge on any atom is 0.417 e. The highest BCUT2D eigenvalue weighted by molar-refractivity contribution is 6.53. The van der Waals surface area contributed by atoms with Crippen LogP contribution in [-0.2, 0) is 6.18 Å². The zero-order valence-corrected chi connectivity index (χ0v) is 18.4. The molecule has 0 amide bonds. The van der Waals surface area contributed by atoms with Crippen molar-refractivity contribution in [2.24, 2.45) is 5.10 Å². The molecule has 1 N–H and O–H groups in total. The fraction of sp³-hybridized carbons (Fsp3) is 0.0400. The Morgan fingerprint density at radius 1 is 1.00 bits per heavy atom. The van der Waals surface area contributed by atoms with Gasteiger partial charge in [0.15, 0.2) is 0 Å². The molecule has 6 nitrogen and oxygen atoms in total. The van der Waals surface area contributed by atoms with Crippen LogP contribution in [0.2, 0.25) is 5.02 Å². The second-order valence-electron chi connectivity index (χ2n) is 7.31.